The minimum absolute atomic E-state index is 0.301. The summed E-state index contributed by atoms with van der Waals surface area (Å²) < 4.78 is 31.9. The fraction of sp³-hybridized carbons (Fsp3) is 0.462. The standard InChI is InChI=1S/C13H16N2O3S/c1-10-14-12-9-11(5-6-13(12)18-10)19(16,17)15-7-3-2-4-8-15/h5-6,9H,2-4,7-8H2,1H3. The molecule has 6 heteroatoms. The highest BCUT2D eigenvalue weighted by Gasteiger charge is 2.26. The molecule has 0 radical (unpaired) electrons. The Morgan fingerprint density at radius 2 is 1.95 bits per heavy atom. The monoisotopic (exact) mass is 280 g/mol. The summed E-state index contributed by atoms with van der Waals surface area (Å²) in [5.41, 5.74) is 1.21. The average Bonchev–Trinajstić information content (AvgIpc) is 2.78. The average molecular weight is 280 g/mol. The van der Waals surface area contributed by atoms with Gasteiger partial charge in [0.25, 0.3) is 0 Å². The Morgan fingerprint density at radius 3 is 2.68 bits per heavy atom. The third kappa shape index (κ3) is 2.26. The highest BCUT2D eigenvalue weighted by Crippen LogP contribution is 2.24. The van der Waals surface area contributed by atoms with Crippen LogP contribution in [-0.4, -0.2) is 30.8 Å². The Balaban J connectivity index is 2.02. The Kier molecular flexibility index (Phi) is 3.06. The van der Waals surface area contributed by atoms with Gasteiger partial charge in [0, 0.05) is 20.0 Å². The summed E-state index contributed by atoms with van der Waals surface area (Å²) in [6.07, 6.45) is 2.97. The number of hydrogen-bond donors (Lipinski definition) is 0. The number of aryl methyl sites for hydroxylation is 1. The van der Waals surface area contributed by atoms with Crippen molar-refractivity contribution in [1.29, 1.82) is 0 Å². The molecule has 0 N–H and O–H groups in total. The van der Waals surface area contributed by atoms with E-state index in [2.05, 4.69) is 4.98 Å². The van der Waals surface area contributed by atoms with E-state index in [-0.39, 0.29) is 0 Å². The molecule has 1 aromatic heterocycles. The van der Waals surface area contributed by atoms with Gasteiger partial charge in [-0.25, -0.2) is 13.4 Å². The molecule has 0 aliphatic carbocycles. The third-order valence-electron chi connectivity index (χ3n) is 3.42. The summed E-state index contributed by atoms with van der Waals surface area (Å²) in [6.45, 7) is 2.97. The minimum Gasteiger partial charge on any atom is -0.441 e. The Labute approximate surface area is 112 Å². The molecule has 0 unspecified atom stereocenters. The van der Waals surface area contributed by atoms with Crippen LogP contribution in [0.25, 0.3) is 11.1 Å². The third-order valence-corrected chi connectivity index (χ3v) is 5.31. The Bertz CT molecular complexity index is 700. The van der Waals surface area contributed by atoms with Crippen molar-refractivity contribution >= 4 is 21.1 Å². The molecule has 1 saturated heterocycles. The lowest BCUT2D eigenvalue weighted by Crippen LogP contribution is -2.35. The second-order valence-corrected chi connectivity index (χ2v) is 6.77. The fourth-order valence-corrected chi connectivity index (χ4v) is 3.97. The summed E-state index contributed by atoms with van der Waals surface area (Å²) in [5.74, 6) is 0.544. The van der Waals surface area contributed by atoms with Gasteiger partial charge in [0.2, 0.25) is 10.0 Å². The maximum Gasteiger partial charge on any atom is 0.243 e. The van der Waals surface area contributed by atoms with Crippen LogP contribution in [0, 0.1) is 6.92 Å². The summed E-state index contributed by atoms with van der Waals surface area (Å²) in [6, 6.07) is 4.86. The van der Waals surface area contributed by atoms with Crippen molar-refractivity contribution in [2.75, 3.05) is 13.1 Å². The van der Waals surface area contributed by atoms with Gasteiger partial charge >= 0.3 is 0 Å². The molecule has 1 aliphatic heterocycles. The predicted octanol–water partition coefficient (Wildman–Crippen LogP) is 2.31. The van der Waals surface area contributed by atoms with Crippen molar-refractivity contribution in [2.45, 2.75) is 31.1 Å². The second kappa shape index (κ2) is 4.61. The van der Waals surface area contributed by atoms with E-state index < -0.39 is 10.0 Å². The lowest BCUT2D eigenvalue weighted by molar-refractivity contribution is 0.346. The summed E-state index contributed by atoms with van der Waals surface area (Å²) in [7, 11) is -3.39. The first kappa shape index (κ1) is 12.6. The lowest BCUT2D eigenvalue weighted by Gasteiger charge is -2.25. The normalized spacial score (nSPS) is 17.9. The number of rotatable bonds is 2. The summed E-state index contributed by atoms with van der Waals surface area (Å²) in [5, 5.41) is 0. The molecule has 5 nitrogen and oxygen atoms in total. The van der Waals surface area contributed by atoms with Crippen LogP contribution in [-0.2, 0) is 10.0 Å². The number of fused-ring (bicyclic) bond motifs is 1. The number of nitrogens with zero attached hydrogens (tertiary/aromatic N) is 2. The summed E-state index contributed by atoms with van der Waals surface area (Å²) >= 11 is 0. The van der Waals surface area contributed by atoms with E-state index >= 15 is 0 Å². The topological polar surface area (TPSA) is 63.4 Å². The van der Waals surface area contributed by atoms with Gasteiger partial charge in [0.05, 0.1) is 4.90 Å². The number of hydrogen-bond acceptors (Lipinski definition) is 4. The van der Waals surface area contributed by atoms with Crippen LogP contribution in [0.4, 0.5) is 0 Å². The molecular weight excluding hydrogens is 264 g/mol. The van der Waals surface area contributed by atoms with Gasteiger partial charge in [-0.1, -0.05) is 6.42 Å². The summed E-state index contributed by atoms with van der Waals surface area (Å²) in [4.78, 5) is 4.48. The molecule has 102 valence electrons. The van der Waals surface area contributed by atoms with Crippen molar-refractivity contribution in [1.82, 2.24) is 9.29 Å². The quantitative estimate of drug-likeness (QED) is 0.847. The van der Waals surface area contributed by atoms with E-state index in [9.17, 15) is 8.42 Å². The van der Waals surface area contributed by atoms with E-state index in [0.717, 1.165) is 19.3 Å². The highest BCUT2D eigenvalue weighted by atomic mass is 32.2. The first-order chi connectivity index (χ1) is 9.07. The first-order valence-electron chi connectivity index (χ1n) is 6.45. The van der Waals surface area contributed by atoms with E-state index in [1.807, 2.05) is 0 Å². The van der Waals surface area contributed by atoms with Gasteiger partial charge in [0.15, 0.2) is 11.5 Å². The van der Waals surface area contributed by atoms with E-state index in [4.69, 9.17) is 4.42 Å². The van der Waals surface area contributed by atoms with Gasteiger partial charge in [-0.15, -0.1) is 0 Å². The first-order valence-corrected chi connectivity index (χ1v) is 7.89. The van der Waals surface area contributed by atoms with Crippen LogP contribution >= 0.6 is 0 Å². The predicted molar refractivity (Wildman–Crippen MR) is 71.4 cm³/mol. The molecule has 3 rings (SSSR count). The van der Waals surface area contributed by atoms with Crippen LogP contribution in [0.15, 0.2) is 27.5 Å². The van der Waals surface area contributed by atoms with Crippen LogP contribution in [0.5, 0.6) is 0 Å². The van der Waals surface area contributed by atoms with Crippen molar-refractivity contribution < 1.29 is 12.8 Å². The molecule has 0 atom stereocenters. The SMILES string of the molecule is Cc1nc2cc(S(=O)(=O)N3CCCCC3)ccc2o1. The zero-order chi connectivity index (χ0) is 13.5. The van der Waals surface area contributed by atoms with Crippen molar-refractivity contribution in [2.24, 2.45) is 0 Å². The molecule has 0 saturated carbocycles. The van der Waals surface area contributed by atoms with Gasteiger partial charge in [-0.2, -0.15) is 4.31 Å². The van der Waals surface area contributed by atoms with Crippen LogP contribution in [0.2, 0.25) is 0 Å². The van der Waals surface area contributed by atoms with Crippen LogP contribution in [0.1, 0.15) is 25.2 Å². The van der Waals surface area contributed by atoms with Crippen LogP contribution < -0.4 is 0 Å². The van der Waals surface area contributed by atoms with Gasteiger partial charge in [-0.05, 0) is 31.0 Å². The molecule has 0 bridgehead atoms. The number of piperidine rings is 1. The van der Waals surface area contributed by atoms with E-state index in [1.54, 1.807) is 29.4 Å². The van der Waals surface area contributed by atoms with Gasteiger partial charge in [0.1, 0.15) is 5.52 Å². The molecule has 1 fully saturated rings. The van der Waals surface area contributed by atoms with E-state index in [1.165, 1.54) is 0 Å². The Hall–Kier alpha value is -1.40. The van der Waals surface area contributed by atoms with Gasteiger partial charge < -0.3 is 4.42 Å². The minimum atomic E-state index is -3.39. The van der Waals surface area contributed by atoms with Crippen molar-refractivity contribution in [3.8, 4) is 0 Å². The van der Waals surface area contributed by atoms with Gasteiger partial charge in [-0.3, -0.25) is 0 Å². The Morgan fingerprint density at radius 1 is 1.21 bits per heavy atom. The lowest BCUT2D eigenvalue weighted by atomic mass is 10.2. The van der Waals surface area contributed by atoms with Crippen LogP contribution in [0.3, 0.4) is 0 Å². The zero-order valence-electron chi connectivity index (χ0n) is 10.8. The van der Waals surface area contributed by atoms with Crippen molar-refractivity contribution in [3.05, 3.63) is 24.1 Å². The molecule has 1 aromatic carbocycles. The molecule has 1 aliphatic rings. The number of benzene rings is 1. The molecule has 2 aromatic rings. The highest BCUT2D eigenvalue weighted by molar-refractivity contribution is 7.89. The zero-order valence-corrected chi connectivity index (χ0v) is 11.6. The number of sulfonamides is 1. The smallest absolute Gasteiger partial charge is 0.243 e. The maximum absolute atomic E-state index is 12.5. The largest absolute Gasteiger partial charge is 0.441 e. The maximum atomic E-state index is 12.5. The molecular formula is C13H16N2O3S. The number of oxazole rings is 1. The second-order valence-electron chi connectivity index (χ2n) is 4.83. The molecule has 0 spiro atoms. The number of aromatic nitrogens is 1. The molecule has 2 heterocycles. The molecule has 19 heavy (non-hydrogen) atoms. The fourth-order valence-electron chi connectivity index (χ4n) is 2.44. The van der Waals surface area contributed by atoms with Crippen molar-refractivity contribution in [3.63, 3.8) is 0 Å². The molecule has 0 amide bonds. The van der Waals surface area contributed by atoms with E-state index in [0.29, 0.717) is 35.0 Å².